The lowest BCUT2D eigenvalue weighted by Gasteiger charge is -2.23. The zero-order chi connectivity index (χ0) is 15.3. The fourth-order valence-corrected chi connectivity index (χ4v) is 2.39. The highest BCUT2D eigenvalue weighted by Gasteiger charge is 2.17. The van der Waals surface area contributed by atoms with Crippen LogP contribution in [-0.4, -0.2) is 13.1 Å². The summed E-state index contributed by atoms with van der Waals surface area (Å²) in [6.45, 7) is 18.2. The van der Waals surface area contributed by atoms with Crippen LogP contribution in [0.1, 0.15) is 65.5 Å². The van der Waals surface area contributed by atoms with E-state index in [0.717, 1.165) is 19.0 Å². The third-order valence-corrected chi connectivity index (χ3v) is 4.17. The highest BCUT2D eigenvalue weighted by molar-refractivity contribution is 5.29. The van der Waals surface area contributed by atoms with Gasteiger partial charge in [0.25, 0.3) is 0 Å². The molecule has 0 bridgehead atoms. The molecule has 0 heterocycles. The van der Waals surface area contributed by atoms with E-state index in [2.05, 4.69) is 78.0 Å². The van der Waals surface area contributed by atoms with Crippen molar-refractivity contribution >= 4 is 0 Å². The number of nitrogens with one attached hydrogen (secondary N) is 1. The third-order valence-electron chi connectivity index (χ3n) is 4.17. The lowest BCUT2D eigenvalue weighted by Crippen LogP contribution is -2.27. The van der Waals surface area contributed by atoms with E-state index in [4.69, 9.17) is 0 Å². The number of hydrogen-bond donors (Lipinski definition) is 1. The number of benzene rings is 1. The molecule has 0 aliphatic heterocycles. The van der Waals surface area contributed by atoms with E-state index in [1.807, 2.05) is 0 Å². The predicted molar refractivity (Wildman–Crippen MR) is 90.4 cm³/mol. The van der Waals surface area contributed by atoms with Crippen LogP contribution in [0.4, 0.5) is 0 Å². The van der Waals surface area contributed by atoms with Gasteiger partial charge in [0.1, 0.15) is 0 Å². The minimum absolute atomic E-state index is 0.242. The molecule has 1 rings (SSSR count). The lowest BCUT2D eigenvalue weighted by molar-refractivity contribution is 0.428. The molecule has 0 saturated carbocycles. The van der Waals surface area contributed by atoms with Gasteiger partial charge in [-0.1, -0.05) is 72.7 Å². The Balaban J connectivity index is 2.60. The van der Waals surface area contributed by atoms with Gasteiger partial charge in [0.05, 0.1) is 0 Å². The predicted octanol–water partition coefficient (Wildman–Crippen LogP) is 4.97. The molecule has 0 aliphatic carbocycles. The molecule has 0 saturated heterocycles. The van der Waals surface area contributed by atoms with Crippen LogP contribution in [0.5, 0.6) is 0 Å². The molecule has 1 nitrogen and oxygen atoms in total. The van der Waals surface area contributed by atoms with Gasteiger partial charge in [-0.25, -0.2) is 0 Å². The lowest BCUT2D eigenvalue weighted by atomic mass is 9.83. The number of rotatable bonds is 6. The molecule has 0 aliphatic rings. The molecule has 0 fully saturated rings. The molecule has 0 radical (unpaired) electrons. The second-order valence-corrected chi connectivity index (χ2v) is 7.69. The first-order chi connectivity index (χ1) is 9.21. The second kappa shape index (κ2) is 7.26. The SMILES string of the molecule is CC(C)CNCC(C)C(C)c1ccc(C(C)(C)C)cc1. The van der Waals surface area contributed by atoms with Gasteiger partial charge in [-0.3, -0.25) is 0 Å². The summed E-state index contributed by atoms with van der Waals surface area (Å²) < 4.78 is 0. The van der Waals surface area contributed by atoms with Gasteiger partial charge in [0, 0.05) is 0 Å². The summed E-state index contributed by atoms with van der Waals surface area (Å²) in [7, 11) is 0. The van der Waals surface area contributed by atoms with Gasteiger partial charge >= 0.3 is 0 Å². The summed E-state index contributed by atoms with van der Waals surface area (Å²) in [6, 6.07) is 9.20. The minimum Gasteiger partial charge on any atom is -0.316 e. The summed E-state index contributed by atoms with van der Waals surface area (Å²) in [5.41, 5.74) is 3.11. The maximum atomic E-state index is 3.57. The van der Waals surface area contributed by atoms with Crippen molar-refractivity contribution in [3.8, 4) is 0 Å². The molecule has 1 aromatic rings. The molecule has 1 heteroatoms. The van der Waals surface area contributed by atoms with Crippen LogP contribution in [0.2, 0.25) is 0 Å². The summed E-state index contributed by atoms with van der Waals surface area (Å²) in [4.78, 5) is 0. The van der Waals surface area contributed by atoms with Crippen LogP contribution in [0.3, 0.4) is 0 Å². The van der Waals surface area contributed by atoms with Crippen LogP contribution >= 0.6 is 0 Å². The fraction of sp³-hybridized carbons (Fsp3) is 0.684. The molecule has 114 valence electrons. The van der Waals surface area contributed by atoms with Gasteiger partial charge in [-0.2, -0.15) is 0 Å². The molecular formula is C19H33N. The van der Waals surface area contributed by atoms with E-state index in [-0.39, 0.29) is 5.41 Å². The van der Waals surface area contributed by atoms with Gasteiger partial charge < -0.3 is 5.32 Å². The van der Waals surface area contributed by atoms with Crippen LogP contribution in [-0.2, 0) is 5.41 Å². The van der Waals surface area contributed by atoms with Crippen molar-refractivity contribution in [3.05, 3.63) is 35.4 Å². The van der Waals surface area contributed by atoms with Gasteiger partial charge in [0.2, 0.25) is 0 Å². The average Bonchev–Trinajstić information content (AvgIpc) is 2.36. The third kappa shape index (κ3) is 5.28. The van der Waals surface area contributed by atoms with E-state index in [1.165, 1.54) is 11.1 Å². The van der Waals surface area contributed by atoms with Crippen LogP contribution in [0, 0.1) is 11.8 Å². The van der Waals surface area contributed by atoms with Crippen molar-refractivity contribution in [2.24, 2.45) is 11.8 Å². The Labute approximate surface area is 126 Å². The fourth-order valence-electron chi connectivity index (χ4n) is 2.39. The van der Waals surface area contributed by atoms with Gasteiger partial charge in [-0.05, 0) is 47.4 Å². The van der Waals surface area contributed by atoms with Crippen molar-refractivity contribution in [1.82, 2.24) is 5.32 Å². The second-order valence-electron chi connectivity index (χ2n) is 7.69. The largest absolute Gasteiger partial charge is 0.316 e. The van der Waals surface area contributed by atoms with Crippen LogP contribution in [0.25, 0.3) is 0 Å². The van der Waals surface area contributed by atoms with Gasteiger partial charge in [-0.15, -0.1) is 0 Å². The summed E-state index contributed by atoms with van der Waals surface area (Å²) in [5, 5.41) is 3.57. The maximum Gasteiger partial charge on any atom is -0.00173 e. The smallest absolute Gasteiger partial charge is 0.00173 e. The van der Waals surface area contributed by atoms with Crippen LogP contribution in [0.15, 0.2) is 24.3 Å². The highest BCUT2D eigenvalue weighted by Crippen LogP contribution is 2.27. The molecule has 0 spiro atoms. The Kier molecular flexibility index (Phi) is 6.26. The first-order valence-electron chi connectivity index (χ1n) is 8.03. The van der Waals surface area contributed by atoms with E-state index in [1.54, 1.807) is 0 Å². The molecule has 1 aromatic carbocycles. The zero-order valence-corrected chi connectivity index (χ0v) is 14.5. The molecule has 2 atom stereocenters. The Morgan fingerprint density at radius 1 is 0.900 bits per heavy atom. The van der Waals surface area contributed by atoms with Crippen molar-refractivity contribution in [2.45, 2.75) is 59.8 Å². The zero-order valence-electron chi connectivity index (χ0n) is 14.5. The summed E-state index contributed by atoms with van der Waals surface area (Å²) in [5.74, 6) is 1.99. The average molecular weight is 275 g/mol. The minimum atomic E-state index is 0.242. The first-order valence-corrected chi connectivity index (χ1v) is 8.03. The first kappa shape index (κ1) is 17.2. The normalized spacial score (nSPS) is 15.4. The van der Waals surface area contributed by atoms with Crippen molar-refractivity contribution in [3.63, 3.8) is 0 Å². The molecular weight excluding hydrogens is 242 g/mol. The van der Waals surface area contributed by atoms with E-state index < -0.39 is 0 Å². The topological polar surface area (TPSA) is 12.0 Å². The van der Waals surface area contributed by atoms with Crippen LogP contribution < -0.4 is 5.32 Å². The standard InChI is InChI=1S/C19H33N/c1-14(2)12-20-13-15(3)16(4)17-8-10-18(11-9-17)19(5,6)7/h8-11,14-16,20H,12-13H2,1-7H3. The Hall–Kier alpha value is -0.820. The van der Waals surface area contributed by atoms with Crippen molar-refractivity contribution in [2.75, 3.05) is 13.1 Å². The van der Waals surface area contributed by atoms with E-state index in [0.29, 0.717) is 11.8 Å². The van der Waals surface area contributed by atoms with Gasteiger partial charge in [0.15, 0.2) is 0 Å². The van der Waals surface area contributed by atoms with Crippen molar-refractivity contribution in [1.29, 1.82) is 0 Å². The Morgan fingerprint density at radius 3 is 1.90 bits per heavy atom. The molecule has 0 amide bonds. The molecule has 0 aromatic heterocycles. The monoisotopic (exact) mass is 275 g/mol. The van der Waals surface area contributed by atoms with Crippen molar-refractivity contribution < 1.29 is 0 Å². The summed E-state index contributed by atoms with van der Waals surface area (Å²) in [6.07, 6.45) is 0. The summed E-state index contributed by atoms with van der Waals surface area (Å²) >= 11 is 0. The molecule has 20 heavy (non-hydrogen) atoms. The quantitative estimate of drug-likeness (QED) is 0.773. The molecule has 2 unspecified atom stereocenters. The molecule has 1 N–H and O–H groups in total. The Bertz CT molecular complexity index is 383. The maximum absolute atomic E-state index is 3.57. The van der Waals surface area contributed by atoms with E-state index >= 15 is 0 Å². The Morgan fingerprint density at radius 2 is 1.45 bits per heavy atom. The number of hydrogen-bond acceptors (Lipinski definition) is 1. The van der Waals surface area contributed by atoms with E-state index in [9.17, 15) is 0 Å². The highest BCUT2D eigenvalue weighted by atomic mass is 14.9.